The van der Waals surface area contributed by atoms with Crippen LogP contribution in [0.2, 0.25) is 10.0 Å². The van der Waals surface area contributed by atoms with Crippen molar-refractivity contribution in [3.63, 3.8) is 0 Å². The Bertz CT molecular complexity index is 775. The van der Waals surface area contributed by atoms with E-state index in [-0.39, 0.29) is 10.8 Å². The SMILES string of the molecule is Cc1ccc2oc(-c3cc(Cl)c(O)cc3Cl)cc2c1. The second-order valence-corrected chi connectivity index (χ2v) is 5.25. The molecule has 0 aliphatic carbocycles. The molecule has 1 aromatic heterocycles. The van der Waals surface area contributed by atoms with Crippen molar-refractivity contribution < 1.29 is 9.52 Å². The molecule has 0 fully saturated rings. The Labute approximate surface area is 120 Å². The van der Waals surface area contributed by atoms with E-state index in [0.29, 0.717) is 16.3 Å². The molecule has 0 spiro atoms. The molecule has 1 N–H and O–H groups in total. The van der Waals surface area contributed by atoms with Crippen molar-refractivity contribution in [1.82, 2.24) is 0 Å². The Morgan fingerprint density at radius 1 is 1.00 bits per heavy atom. The van der Waals surface area contributed by atoms with Crippen LogP contribution in [0.3, 0.4) is 0 Å². The Morgan fingerprint density at radius 3 is 2.58 bits per heavy atom. The molecular formula is C15H10Cl2O2. The minimum atomic E-state index is -0.0395. The zero-order valence-electron chi connectivity index (χ0n) is 10.1. The number of hydrogen-bond acceptors (Lipinski definition) is 2. The van der Waals surface area contributed by atoms with Gasteiger partial charge in [0.2, 0.25) is 0 Å². The Hall–Kier alpha value is -1.64. The zero-order valence-corrected chi connectivity index (χ0v) is 11.6. The summed E-state index contributed by atoms with van der Waals surface area (Å²) in [7, 11) is 0. The monoisotopic (exact) mass is 292 g/mol. The third-order valence-electron chi connectivity index (χ3n) is 2.97. The molecule has 1 heterocycles. The summed E-state index contributed by atoms with van der Waals surface area (Å²) in [6, 6.07) is 10.9. The molecule has 0 aliphatic heterocycles. The molecule has 0 unspecified atom stereocenters. The van der Waals surface area contributed by atoms with Gasteiger partial charge in [-0.3, -0.25) is 0 Å². The van der Waals surface area contributed by atoms with E-state index in [4.69, 9.17) is 27.6 Å². The quantitative estimate of drug-likeness (QED) is 0.649. The average Bonchev–Trinajstić information content (AvgIpc) is 2.76. The fourth-order valence-corrected chi connectivity index (χ4v) is 2.44. The first-order valence-corrected chi connectivity index (χ1v) is 6.49. The number of aryl methyl sites for hydroxylation is 1. The Morgan fingerprint density at radius 2 is 1.79 bits per heavy atom. The van der Waals surface area contributed by atoms with Gasteiger partial charge in [0, 0.05) is 17.0 Å². The van der Waals surface area contributed by atoms with Gasteiger partial charge in [-0.2, -0.15) is 0 Å². The van der Waals surface area contributed by atoms with Gasteiger partial charge in [-0.1, -0.05) is 34.8 Å². The highest BCUT2D eigenvalue weighted by Gasteiger charge is 2.13. The molecule has 3 aromatic rings. The third kappa shape index (κ3) is 2.18. The number of benzene rings is 2. The van der Waals surface area contributed by atoms with Crippen molar-refractivity contribution in [2.45, 2.75) is 6.92 Å². The summed E-state index contributed by atoms with van der Waals surface area (Å²) in [4.78, 5) is 0. The molecule has 0 aliphatic rings. The van der Waals surface area contributed by atoms with E-state index in [9.17, 15) is 5.11 Å². The molecule has 0 saturated carbocycles. The molecule has 4 heteroatoms. The molecule has 3 rings (SSSR count). The highest BCUT2D eigenvalue weighted by atomic mass is 35.5. The number of aromatic hydroxyl groups is 1. The van der Waals surface area contributed by atoms with E-state index in [1.807, 2.05) is 31.2 Å². The van der Waals surface area contributed by atoms with Gasteiger partial charge in [-0.25, -0.2) is 0 Å². The molecular weight excluding hydrogens is 283 g/mol. The Kier molecular flexibility index (Phi) is 2.92. The van der Waals surface area contributed by atoms with Crippen molar-refractivity contribution in [3.8, 4) is 17.1 Å². The maximum Gasteiger partial charge on any atom is 0.136 e. The number of fused-ring (bicyclic) bond motifs is 1. The van der Waals surface area contributed by atoms with Crippen molar-refractivity contribution in [3.05, 3.63) is 52.0 Å². The molecule has 0 amide bonds. The van der Waals surface area contributed by atoms with Crippen LogP contribution in [0.15, 0.2) is 40.8 Å². The summed E-state index contributed by atoms with van der Waals surface area (Å²) in [5.74, 6) is 0.592. The lowest BCUT2D eigenvalue weighted by atomic mass is 10.1. The minimum Gasteiger partial charge on any atom is -0.506 e. The van der Waals surface area contributed by atoms with Gasteiger partial charge < -0.3 is 9.52 Å². The highest BCUT2D eigenvalue weighted by Crippen LogP contribution is 2.38. The van der Waals surface area contributed by atoms with Crippen LogP contribution in [-0.2, 0) is 0 Å². The summed E-state index contributed by atoms with van der Waals surface area (Å²) in [5, 5.41) is 11.2. The van der Waals surface area contributed by atoms with Gasteiger partial charge in [0.15, 0.2) is 0 Å². The smallest absolute Gasteiger partial charge is 0.136 e. The number of phenolic OH excluding ortho intramolecular Hbond substituents is 1. The third-order valence-corrected chi connectivity index (χ3v) is 3.59. The average molecular weight is 293 g/mol. The summed E-state index contributed by atoms with van der Waals surface area (Å²) in [6.07, 6.45) is 0. The first-order chi connectivity index (χ1) is 9.04. The standard InChI is InChI=1S/C15H10Cl2O2/c1-8-2-3-14-9(4-8)5-15(19-14)10-6-12(17)13(18)7-11(10)16/h2-7,18H,1H3. The van der Waals surface area contributed by atoms with Crippen LogP contribution in [0.5, 0.6) is 5.75 Å². The minimum absolute atomic E-state index is 0.0395. The number of halogens is 2. The fourth-order valence-electron chi connectivity index (χ4n) is 2.02. The van der Waals surface area contributed by atoms with Gasteiger partial charge in [-0.15, -0.1) is 0 Å². The first kappa shape index (κ1) is 12.4. The van der Waals surface area contributed by atoms with E-state index in [2.05, 4.69) is 0 Å². The van der Waals surface area contributed by atoms with E-state index < -0.39 is 0 Å². The molecule has 0 saturated heterocycles. The van der Waals surface area contributed by atoms with Crippen LogP contribution in [0, 0.1) is 6.92 Å². The molecule has 96 valence electrons. The van der Waals surface area contributed by atoms with E-state index in [1.165, 1.54) is 6.07 Å². The lowest BCUT2D eigenvalue weighted by Crippen LogP contribution is -1.78. The maximum atomic E-state index is 9.50. The van der Waals surface area contributed by atoms with Crippen molar-refractivity contribution in [2.75, 3.05) is 0 Å². The van der Waals surface area contributed by atoms with Crippen LogP contribution in [0.1, 0.15) is 5.56 Å². The van der Waals surface area contributed by atoms with Crippen molar-refractivity contribution >= 4 is 34.2 Å². The predicted molar refractivity (Wildman–Crippen MR) is 78.1 cm³/mol. The fraction of sp³-hybridized carbons (Fsp3) is 0.0667. The van der Waals surface area contributed by atoms with Gasteiger partial charge in [0.25, 0.3) is 0 Å². The summed E-state index contributed by atoms with van der Waals surface area (Å²) < 4.78 is 5.76. The highest BCUT2D eigenvalue weighted by molar-refractivity contribution is 6.36. The lowest BCUT2D eigenvalue weighted by molar-refractivity contribution is 0.475. The van der Waals surface area contributed by atoms with Gasteiger partial charge in [0.05, 0.1) is 10.0 Å². The second kappa shape index (κ2) is 4.48. The van der Waals surface area contributed by atoms with E-state index in [0.717, 1.165) is 16.5 Å². The van der Waals surface area contributed by atoms with Crippen LogP contribution < -0.4 is 0 Å². The normalized spacial score (nSPS) is 11.1. The molecule has 2 aromatic carbocycles. The molecule has 2 nitrogen and oxygen atoms in total. The molecule has 0 radical (unpaired) electrons. The maximum absolute atomic E-state index is 9.50. The zero-order chi connectivity index (χ0) is 13.6. The predicted octanol–water partition coefficient (Wildman–Crippen LogP) is 5.42. The van der Waals surface area contributed by atoms with E-state index >= 15 is 0 Å². The Balaban J connectivity index is 2.21. The number of phenols is 1. The number of rotatable bonds is 1. The van der Waals surface area contributed by atoms with Crippen LogP contribution in [0.4, 0.5) is 0 Å². The number of hydrogen-bond donors (Lipinski definition) is 1. The van der Waals surface area contributed by atoms with Gasteiger partial charge in [0.1, 0.15) is 17.1 Å². The van der Waals surface area contributed by atoms with Gasteiger partial charge >= 0.3 is 0 Å². The number of furan rings is 1. The lowest BCUT2D eigenvalue weighted by Gasteiger charge is -2.03. The van der Waals surface area contributed by atoms with Crippen LogP contribution in [0.25, 0.3) is 22.3 Å². The summed E-state index contributed by atoms with van der Waals surface area (Å²) in [5.41, 5.74) is 2.62. The second-order valence-electron chi connectivity index (χ2n) is 4.44. The molecule has 0 bridgehead atoms. The largest absolute Gasteiger partial charge is 0.506 e. The van der Waals surface area contributed by atoms with Crippen LogP contribution in [-0.4, -0.2) is 5.11 Å². The van der Waals surface area contributed by atoms with Crippen LogP contribution >= 0.6 is 23.2 Å². The van der Waals surface area contributed by atoms with Gasteiger partial charge in [-0.05, 0) is 31.2 Å². The summed E-state index contributed by atoms with van der Waals surface area (Å²) >= 11 is 12.0. The van der Waals surface area contributed by atoms with E-state index in [1.54, 1.807) is 6.07 Å². The first-order valence-electron chi connectivity index (χ1n) is 5.73. The molecule has 19 heavy (non-hydrogen) atoms. The topological polar surface area (TPSA) is 33.4 Å². The van der Waals surface area contributed by atoms with Crippen molar-refractivity contribution in [1.29, 1.82) is 0 Å². The van der Waals surface area contributed by atoms with Crippen molar-refractivity contribution in [2.24, 2.45) is 0 Å². The summed E-state index contributed by atoms with van der Waals surface area (Å²) in [6.45, 7) is 2.02. The molecule has 0 atom stereocenters.